The summed E-state index contributed by atoms with van der Waals surface area (Å²) in [6.07, 6.45) is 0. The summed E-state index contributed by atoms with van der Waals surface area (Å²) < 4.78 is 6.21. The van der Waals surface area contributed by atoms with Crippen LogP contribution in [0, 0.1) is 11.3 Å². The first kappa shape index (κ1) is 10.7. The Labute approximate surface area is 101 Å². The third-order valence-corrected chi connectivity index (χ3v) is 2.35. The van der Waals surface area contributed by atoms with Crippen LogP contribution in [0.4, 0.5) is 0 Å². The van der Waals surface area contributed by atoms with Crippen molar-refractivity contribution in [1.82, 2.24) is 4.98 Å². The van der Waals surface area contributed by atoms with E-state index in [1.807, 2.05) is 18.2 Å². The van der Waals surface area contributed by atoms with Gasteiger partial charge >= 0.3 is 0 Å². The van der Waals surface area contributed by atoms with E-state index in [2.05, 4.69) is 27.0 Å². The van der Waals surface area contributed by atoms with Crippen LogP contribution >= 0.6 is 15.9 Å². The van der Waals surface area contributed by atoms with Crippen LogP contribution in [-0.2, 0) is 0 Å². The topological polar surface area (TPSA) is 45.9 Å². The number of aromatic nitrogens is 1. The van der Waals surface area contributed by atoms with E-state index in [4.69, 9.17) is 10.00 Å². The maximum Gasteiger partial charge on any atom is 0.220 e. The van der Waals surface area contributed by atoms with Crippen LogP contribution in [0.15, 0.2) is 47.1 Å². The summed E-state index contributed by atoms with van der Waals surface area (Å²) in [7, 11) is 0. The summed E-state index contributed by atoms with van der Waals surface area (Å²) in [6.45, 7) is 0. The molecular formula is C12H7BrN2O. The van der Waals surface area contributed by atoms with Crippen molar-refractivity contribution in [1.29, 1.82) is 5.26 Å². The number of benzene rings is 1. The average molecular weight is 275 g/mol. The Kier molecular flexibility index (Phi) is 3.18. The summed E-state index contributed by atoms with van der Waals surface area (Å²) in [4.78, 5) is 4.13. The highest BCUT2D eigenvalue weighted by Gasteiger charge is 2.04. The predicted molar refractivity (Wildman–Crippen MR) is 63.2 cm³/mol. The molecule has 0 amide bonds. The molecule has 2 aromatic rings. The SMILES string of the molecule is N#Cc1ccccc1Oc1cccc(Br)n1. The Balaban J connectivity index is 2.31. The van der Waals surface area contributed by atoms with Crippen molar-refractivity contribution in [2.45, 2.75) is 0 Å². The molecule has 0 N–H and O–H groups in total. The van der Waals surface area contributed by atoms with E-state index in [1.165, 1.54) is 0 Å². The van der Waals surface area contributed by atoms with Crippen molar-refractivity contribution in [2.24, 2.45) is 0 Å². The fourth-order valence-electron chi connectivity index (χ4n) is 1.21. The zero-order chi connectivity index (χ0) is 11.4. The highest BCUT2D eigenvalue weighted by Crippen LogP contribution is 2.23. The van der Waals surface area contributed by atoms with Crippen molar-refractivity contribution in [3.05, 3.63) is 52.6 Å². The first-order chi connectivity index (χ1) is 7.79. The van der Waals surface area contributed by atoms with Crippen LogP contribution in [0.5, 0.6) is 11.6 Å². The highest BCUT2D eigenvalue weighted by molar-refractivity contribution is 9.10. The summed E-state index contributed by atoms with van der Waals surface area (Å²) in [5.74, 6) is 0.965. The maximum atomic E-state index is 8.89. The number of halogens is 1. The number of para-hydroxylation sites is 1. The minimum absolute atomic E-state index is 0.456. The molecule has 0 unspecified atom stereocenters. The molecule has 1 aromatic carbocycles. The molecule has 0 spiro atoms. The third kappa shape index (κ3) is 2.38. The number of hydrogen-bond donors (Lipinski definition) is 0. The van der Waals surface area contributed by atoms with Gasteiger partial charge in [0.2, 0.25) is 5.88 Å². The standard InChI is InChI=1S/C12H7BrN2O/c13-11-6-3-7-12(15-11)16-10-5-2-1-4-9(10)8-14/h1-7H. The molecule has 0 bridgehead atoms. The second-order valence-electron chi connectivity index (χ2n) is 3.01. The minimum Gasteiger partial charge on any atom is -0.438 e. The van der Waals surface area contributed by atoms with Crippen molar-refractivity contribution >= 4 is 15.9 Å². The Morgan fingerprint density at radius 3 is 2.69 bits per heavy atom. The van der Waals surface area contributed by atoms with Crippen LogP contribution in [-0.4, -0.2) is 4.98 Å². The Hall–Kier alpha value is -1.86. The van der Waals surface area contributed by atoms with Gasteiger partial charge < -0.3 is 4.74 Å². The molecule has 78 valence electrons. The van der Waals surface area contributed by atoms with Crippen molar-refractivity contribution in [2.75, 3.05) is 0 Å². The molecule has 0 aliphatic rings. The number of rotatable bonds is 2. The molecule has 3 nitrogen and oxygen atoms in total. The quantitative estimate of drug-likeness (QED) is 0.788. The van der Waals surface area contributed by atoms with Gasteiger partial charge in [-0.3, -0.25) is 0 Å². The lowest BCUT2D eigenvalue weighted by Crippen LogP contribution is -1.90. The van der Waals surface area contributed by atoms with Gasteiger partial charge in [0, 0.05) is 6.07 Å². The van der Waals surface area contributed by atoms with Gasteiger partial charge in [-0.2, -0.15) is 5.26 Å². The molecule has 1 aromatic heterocycles. The van der Waals surface area contributed by atoms with Gasteiger partial charge in [-0.05, 0) is 34.1 Å². The average Bonchev–Trinajstić information content (AvgIpc) is 2.30. The van der Waals surface area contributed by atoms with E-state index in [-0.39, 0.29) is 0 Å². The summed E-state index contributed by atoms with van der Waals surface area (Å²) in [5, 5.41) is 8.89. The summed E-state index contributed by atoms with van der Waals surface area (Å²) in [6, 6.07) is 14.5. The van der Waals surface area contributed by atoms with E-state index < -0.39 is 0 Å². The molecule has 0 radical (unpaired) electrons. The van der Waals surface area contributed by atoms with Crippen molar-refractivity contribution < 1.29 is 4.74 Å². The van der Waals surface area contributed by atoms with Crippen LogP contribution < -0.4 is 4.74 Å². The predicted octanol–water partition coefficient (Wildman–Crippen LogP) is 3.51. The summed E-state index contributed by atoms with van der Waals surface area (Å²) >= 11 is 3.25. The highest BCUT2D eigenvalue weighted by atomic mass is 79.9. The van der Waals surface area contributed by atoms with Gasteiger partial charge in [0.05, 0.1) is 5.56 Å². The molecular weight excluding hydrogens is 268 g/mol. The number of hydrogen-bond acceptors (Lipinski definition) is 3. The molecule has 0 fully saturated rings. The molecule has 4 heteroatoms. The van der Waals surface area contributed by atoms with Gasteiger partial charge in [0.15, 0.2) is 0 Å². The van der Waals surface area contributed by atoms with Gasteiger partial charge in [0.25, 0.3) is 0 Å². The molecule has 0 atom stereocenters. The fourth-order valence-corrected chi connectivity index (χ4v) is 1.53. The number of ether oxygens (including phenoxy) is 1. The van der Waals surface area contributed by atoms with E-state index >= 15 is 0 Å². The number of pyridine rings is 1. The Morgan fingerprint density at radius 1 is 1.12 bits per heavy atom. The fraction of sp³-hybridized carbons (Fsp3) is 0. The second-order valence-corrected chi connectivity index (χ2v) is 3.82. The Bertz CT molecular complexity index is 549. The van der Waals surface area contributed by atoms with E-state index in [9.17, 15) is 0 Å². The lowest BCUT2D eigenvalue weighted by Gasteiger charge is -2.05. The summed E-state index contributed by atoms with van der Waals surface area (Å²) in [5.41, 5.74) is 0.490. The molecule has 16 heavy (non-hydrogen) atoms. The number of nitriles is 1. The minimum atomic E-state index is 0.456. The zero-order valence-electron chi connectivity index (χ0n) is 8.22. The molecule has 0 aliphatic carbocycles. The molecule has 1 heterocycles. The van der Waals surface area contributed by atoms with Crippen LogP contribution in [0.25, 0.3) is 0 Å². The normalized spacial score (nSPS) is 9.50. The van der Waals surface area contributed by atoms with E-state index in [0.717, 1.165) is 0 Å². The smallest absolute Gasteiger partial charge is 0.220 e. The van der Waals surface area contributed by atoms with Gasteiger partial charge in [-0.25, -0.2) is 4.98 Å². The van der Waals surface area contributed by atoms with Gasteiger partial charge in [-0.15, -0.1) is 0 Å². The van der Waals surface area contributed by atoms with Gasteiger partial charge in [0.1, 0.15) is 16.4 Å². The Morgan fingerprint density at radius 2 is 1.94 bits per heavy atom. The van der Waals surface area contributed by atoms with Crippen molar-refractivity contribution in [3.8, 4) is 17.7 Å². The van der Waals surface area contributed by atoms with Crippen LogP contribution in [0.2, 0.25) is 0 Å². The van der Waals surface area contributed by atoms with Gasteiger partial charge in [-0.1, -0.05) is 18.2 Å². The lowest BCUT2D eigenvalue weighted by molar-refractivity contribution is 0.460. The van der Waals surface area contributed by atoms with Crippen molar-refractivity contribution in [3.63, 3.8) is 0 Å². The van der Waals surface area contributed by atoms with E-state index in [0.29, 0.717) is 21.8 Å². The first-order valence-corrected chi connectivity index (χ1v) is 5.38. The van der Waals surface area contributed by atoms with Crippen LogP contribution in [0.1, 0.15) is 5.56 Å². The number of nitrogens with zero attached hydrogens (tertiary/aromatic N) is 2. The second kappa shape index (κ2) is 4.77. The molecule has 2 rings (SSSR count). The van der Waals surface area contributed by atoms with Crippen LogP contribution in [0.3, 0.4) is 0 Å². The van der Waals surface area contributed by atoms with E-state index in [1.54, 1.807) is 24.3 Å². The molecule has 0 saturated heterocycles. The zero-order valence-corrected chi connectivity index (χ0v) is 9.81. The maximum absolute atomic E-state index is 8.89. The first-order valence-electron chi connectivity index (χ1n) is 4.59. The third-order valence-electron chi connectivity index (χ3n) is 1.91. The monoisotopic (exact) mass is 274 g/mol. The lowest BCUT2D eigenvalue weighted by atomic mass is 10.2. The molecule has 0 saturated carbocycles. The molecule has 0 aliphatic heterocycles. The largest absolute Gasteiger partial charge is 0.438 e.